The molecule has 2 aliphatic rings. The zero-order valence-electron chi connectivity index (χ0n) is 16.2. The Balaban J connectivity index is 1.62. The van der Waals surface area contributed by atoms with Gasteiger partial charge in [-0.1, -0.05) is 42.1 Å². The Morgan fingerprint density at radius 1 is 1.17 bits per heavy atom. The van der Waals surface area contributed by atoms with E-state index in [0.717, 1.165) is 24.2 Å². The molecular formula is C20H25N5O3S. The van der Waals surface area contributed by atoms with Gasteiger partial charge in [-0.3, -0.25) is 9.59 Å². The Morgan fingerprint density at radius 2 is 1.90 bits per heavy atom. The maximum atomic E-state index is 13.4. The summed E-state index contributed by atoms with van der Waals surface area (Å²) in [6.07, 6.45) is 2.38. The number of amides is 2. The van der Waals surface area contributed by atoms with E-state index in [1.165, 1.54) is 11.8 Å². The lowest BCUT2D eigenvalue weighted by atomic mass is 10.1. The number of carbonyl (C=O) groups excluding carboxylic acids is 2. The van der Waals surface area contributed by atoms with Gasteiger partial charge in [0.05, 0.1) is 13.2 Å². The fraction of sp³-hybridized carbons (Fsp3) is 0.500. The molecule has 2 amide bonds. The quantitative estimate of drug-likeness (QED) is 0.659. The van der Waals surface area contributed by atoms with Crippen molar-refractivity contribution < 1.29 is 14.3 Å². The largest absolute Gasteiger partial charge is 0.378 e. The second-order valence-electron chi connectivity index (χ2n) is 7.33. The minimum Gasteiger partial charge on any atom is -0.378 e. The highest BCUT2D eigenvalue weighted by Crippen LogP contribution is 2.42. The van der Waals surface area contributed by atoms with E-state index in [1.54, 1.807) is 0 Å². The number of carbonyl (C=O) groups is 2. The van der Waals surface area contributed by atoms with Crippen LogP contribution in [0.2, 0.25) is 0 Å². The number of thioether (sulfide) groups is 1. The lowest BCUT2D eigenvalue weighted by Gasteiger charge is -2.30. The molecule has 1 unspecified atom stereocenters. The van der Waals surface area contributed by atoms with Crippen LogP contribution in [0.4, 0.5) is 0 Å². The molecule has 1 aromatic heterocycles. The van der Waals surface area contributed by atoms with Gasteiger partial charge in [0.2, 0.25) is 11.8 Å². The van der Waals surface area contributed by atoms with E-state index in [1.807, 2.05) is 39.8 Å². The maximum absolute atomic E-state index is 13.4. The van der Waals surface area contributed by atoms with Crippen LogP contribution in [-0.2, 0) is 20.9 Å². The fourth-order valence-electron chi connectivity index (χ4n) is 3.41. The molecule has 2 aromatic rings. The molecule has 9 heteroatoms. The minimum atomic E-state index is -0.433. The van der Waals surface area contributed by atoms with Gasteiger partial charge in [-0.15, -0.1) is 10.2 Å². The molecule has 0 bridgehead atoms. The van der Waals surface area contributed by atoms with Gasteiger partial charge in [0.25, 0.3) is 0 Å². The van der Waals surface area contributed by atoms with Gasteiger partial charge in [0, 0.05) is 32.0 Å². The summed E-state index contributed by atoms with van der Waals surface area (Å²) in [5.74, 6) is 0.955. The first-order valence-electron chi connectivity index (χ1n) is 9.93. The van der Waals surface area contributed by atoms with Crippen LogP contribution in [-0.4, -0.2) is 57.8 Å². The number of hydrogen-bond donors (Lipinski definition) is 1. The van der Waals surface area contributed by atoms with E-state index in [4.69, 9.17) is 10.5 Å². The monoisotopic (exact) mass is 415 g/mol. The summed E-state index contributed by atoms with van der Waals surface area (Å²) in [7, 11) is 0. The topological polar surface area (TPSA) is 103 Å². The van der Waals surface area contributed by atoms with E-state index < -0.39 is 5.25 Å². The second-order valence-corrected chi connectivity index (χ2v) is 8.40. The highest BCUT2D eigenvalue weighted by atomic mass is 32.2. The number of nitrogens with two attached hydrogens (primary N) is 1. The molecule has 1 saturated carbocycles. The Kier molecular flexibility index (Phi) is 6.15. The second kappa shape index (κ2) is 8.96. The fourth-order valence-corrected chi connectivity index (χ4v) is 4.56. The molecule has 4 rings (SSSR count). The molecule has 1 saturated heterocycles. The Labute approximate surface area is 173 Å². The van der Waals surface area contributed by atoms with Crippen molar-refractivity contribution in [2.45, 2.75) is 42.1 Å². The first kappa shape index (κ1) is 19.9. The minimum absolute atomic E-state index is 0.0434. The molecule has 0 radical (unpaired) electrons. The molecule has 0 spiro atoms. The predicted octanol–water partition coefficient (Wildman–Crippen LogP) is 1.72. The number of aromatic nitrogens is 3. The average molecular weight is 416 g/mol. The van der Waals surface area contributed by atoms with Crippen LogP contribution < -0.4 is 5.73 Å². The van der Waals surface area contributed by atoms with E-state index in [-0.39, 0.29) is 18.2 Å². The summed E-state index contributed by atoms with van der Waals surface area (Å²) in [5, 5.41) is 8.97. The van der Waals surface area contributed by atoms with Crippen LogP contribution in [0.25, 0.3) is 0 Å². The standard InChI is InChI=1S/C20H25N5O3S/c21-16(26)8-9-25-18(15-6-7-15)22-23-20(25)29-17(14-4-2-1-3-5-14)19(27)24-10-12-28-13-11-24/h1-5,15,17H,6-13H2,(H2,21,26). The highest BCUT2D eigenvalue weighted by Gasteiger charge is 2.33. The number of primary amides is 1. The third-order valence-corrected chi connectivity index (χ3v) is 6.36. The molecule has 29 heavy (non-hydrogen) atoms. The molecule has 1 aliphatic carbocycles. The molecule has 1 aromatic carbocycles. The van der Waals surface area contributed by atoms with Crippen LogP contribution in [0.5, 0.6) is 0 Å². The van der Waals surface area contributed by atoms with Gasteiger partial charge >= 0.3 is 0 Å². The normalized spacial score (nSPS) is 17.9. The SMILES string of the molecule is NC(=O)CCn1c(SC(C(=O)N2CCOCC2)c2ccccc2)nnc1C1CC1. The summed E-state index contributed by atoms with van der Waals surface area (Å²) in [6.45, 7) is 2.72. The number of nitrogens with zero attached hydrogens (tertiary/aromatic N) is 4. The Bertz CT molecular complexity index is 862. The van der Waals surface area contributed by atoms with Gasteiger partial charge in [0.1, 0.15) is 11.1 Å². The predicted molar refractivity (Wildman–Crippen MR) is 108 cm³/mol. The molecule has 2 heterocycles. The van der Waals surface area contributed by atoms with Gasteiger partial charge in [-0.05, 0) is 18.4 Å². The summed E-state index contributed by atoms with van der Waals surface area (Å²) < 4.78 is 7.36. The van der Waals surface area contributed by atoms with Crippen molar-refractivity contribution in [2.24, 2.45) is 5.73 Å². The summed E-state index contributed by atoms with van der Waals surface area (Å²) >= 11 is 1.39. The average Bonchev–Trinajstić information content (AvgIpc) is 3.52. The smallest absolute Gasteiger partial charge is 0.240 e. The number of benzene rings is 1. The number of hydrogen-bond acceptors (Lipinski definition) is 6. The zero-order valence-corrected chi connectivity index (χ0v) is 17.0. The highest BCUT2D eigenvalue weighted by molar-refractivity contribution is 8.00. The van der Waals surface area contributed by atoms with Crippen molar-refractivity contribution in [3.8, 4) is 0 Å². The lowest BCUT2D eigenvalue weighted by Crippen LogP contribution is -2.42. The summed E-state index contributed by atoms with van der Waals surface area (Å²) in [5.41, 5.74) is 6.29. The van der Waals surface area contributed by atoms with Gasteiger partial charge < -0.3 is 19.9 Å². The number of rotatable bonds is 8. The van der Waals surface area contributed by atoms with Crippen molar-refractivity contribution in [3.63, 3.8) is 0 Å². The summed E-state index contributed by atoms with van der Waals surface area (Å²) in [4.78, 5) is 26.5. The van der Waals surface area contributed by atoms with Gasteiger partial charge in [-0.2, -0.15) is 0 Å². The third kappa shape index (κ3) is 4.79. The molecular weight excluding hydrogens is 390 g/mol. The Morgan fingerprint density at radius 3 is 2.55 bits per heavy atom. The Hall–Kier alpha value is -2.39. The van der Waals surface area contributed by atoms with Crippen LogP contribution >= 0.6 is 11.8 Å². The van der Waals surface area contributed by atoms with E-state index >= 15 is 0 Å². The van der Waals surface area contributed by atoms with Crippen LogP contribution in [0.3, 0.4) is 0 Å². The first-order valence-corrected chi connectivity index (χ1v) is 10.8. The zero-order chi connectivity index (χ0) is 20.2. The molecule has 8 nitrogen and oxygen atoms in total. The number of ether oxygens (including phenoxy) is 1. The van der Waals surface area contributed by atoms with Gasteiger partial charge in [-0.25, -0.2) is 0 Å². The van der Waals surface area contributed by atoms with Crippen LogP contribution in [0.1, 0.15) is 41.8 Å². The van der Waals surface area contributed by atoms with E-state index in [0.29, 0.717) is 43.9 Å². The van der Waals surface area contributed by atoms with E-state index in [9.17, 15) is 9.59 Å². The van der Waals surface area contributed by atoms with E-state index in [2.05, 4.69) is 10.2 Å². The third-order valence-electron chi connectivity index (χ3n) is 5.14. The molecule has 2 N–H and O–H groups in total. The summed E-state index contributed by atoms with van der Waals surface area (Å²) in [6, 6.07) is 9.72. The van der Waals surface area contributed by atoms with Crippen molar-refractivity contribution in [3.05, 3.63) is 41.7 Å². The van der Waals surface area contributed by atoms with Crippen molar-refractivity contribution >= 4 is 23.6 Å². The maximum Gasteiger partial charge on any atom is 0.240 e. The number of morpholine rings is 1. The molecule has 1 atom stereocenters. The van der Waals surface area contributed by atoms with Gasteiger partial charge in [0.15, 0.2) is 5.16 Å². The van der Waals surface area contributed by atoms with Crippen LogP contribution in [0.15, 0.2) is 35.5 Å². The molecule has 2 fully saturated rings. The lowest BCUT2D eigenvalue weighted by molar-refractivity contribution is -0.134. The molecule has 154 valence electrons. The first-order chi connectivity index (χ1) is 14.1. The van der Waals surface area contributed by atoms with Crippen molar-refractivity contribution in [1.29, 1.82) is 0 Å². The van der Waals surface area contributed by atoms with Crippen molar-refractivity contribution in [1.82, 2.24) is 19.7 Å². The van der Waals surface area contributed by atoms with Crippen molar-refractivity contribution in [2.75, 3.05) is 26.3 Å². The molecule has 1 aliphatic heterocycles. The van der Waals surface area contributed by atoms with Crippen LogP contribution in [0, 0.1) is 0 Å².